The molecule has 28 heavy (non-hydrogen) atoms. The first-order valence-corrected chi connectivity index (χ1v) is 9.08. The van der Waals surface area contributed by atoms with E-state index < -0.39 is 17.2 Å². The van der Waals surface area contributed by atoms with Gasteiger partial charge in [0, 0.05) is 45.1 Å². The Balaban J connectivity index is 2.14. The van der Waals surface area contributed by atoms with Gasteiger partial charge >= 0.3 is 5.69 Å². The van der Waals surface area contributed by atoms with Gasteiger partial charge in [-0.25, -0.2) is 4.79 Å². The minimum Gasteiger partial charge on any atom is -0.385 e. The fraction of sp³-hybridized carbons (Fsp3) is 0.316. The number of hydrogen-bond acceptors (Lipinski definition) is 4. The van der Waals surface area contributed by atoms with E-state index in [1.165, 1.54) is 17.7 Å². The number of methoxy groups -OCH3 is 1. The smallest absolute Gasteiger partial charge is 0.332 e. The highest BCUT2D eigenvalue weighted by Crippen LogP contribution is 2.20. The number of benzene rings is 1. The maximum absolute atomic E-state index is 12.9. The summed E-state index contributed by atoms with van der Waals surface area (Å²) in [5.74, 6) is -0.398. The number of aromatic nitrogens is 3. The molecule has 0 spiro atoms. The molecule has 148 valence electrons. The van der Waals surface area contributed by atoms with Crippen molar-refractivity contribution in [2.24, 2.45) is 14.1 Å². The van der Waals surface area contributed by atoms with Gasteiger partial charge in [-0.15, -0.1) is 0 Å². The molecule has 0 radical (unpaired) electrons. The Morgan fingerprint density at radius 2 is 1.93 bits per heavy atom. The molecule has 0 unspecified atom stereocenters. The SMILES string of the molecule is COCCCn1c(C(=O)Nc2cccc(Cl)c2)cc2c(=O)n(C)c(=O)n(C)c21. The van der Waals surface area contributed by atoms with Crippen LogP contribution < -0.4 is 16.6 Å². The van der Waals surface area contributed by atoms with Gasteiger partial charge < -0.3 is 14.6 Å². The number of carbonyl (C=O) groups excluding carboxylic acids is 1. The summed E-state index contributed by atoms with van der Waals surface area (Å²) in [4.78, 5) is 37.9. The fourth-order valence-electron chi connectivity index (χ4n) is 3.18. The van der Waals surface area contributed by atoms with Crippen molar-refractivity contribution < 1.29 is 9.53 Å². The monoisotopic (exact) mass is 404 g/mol. The van der Waals surface area contributed by atoms with Crippen molar-refractivity contribution in [3.63, 3.8) is 0 Å². The van der Waals surface area contributed by atoms with Crippen molar-refractivity contribution in [2.45, 2.75) is 13.0 Å². The van der Waals surface area contributed by atoms with E-state index in [4.69, 9.17) is 16.3 Å². The average Bonchev–Trinajstić information content (AvgIpc) is 3.05. The molecule has 1 N–H and O–H groups in total. The van der Waals surface area contributed by atoms with Crippen molar-refractivity contribution >= 4 is 34.2 Å². The Hall–Kier alpha value is -2.84. The number of halogens is 1. The summed E-state index contributed by atoms with van der Waals surface area (Å²) >= 11 is 5.98. The standard InChI is InChI=1S/C19H21ClN4O4/c1-22-17-14(18(26)23(2)19(22)27)11-15(24(17)8-5-9-28-3)16(25)21-13-7-4-6-12(20)10-13/h4,6-7,10-11H,5,8-9H2,1-3H3,(H,21,25). The van der Waals surface area contributed by atoms with Crippen molar-refractivity contribution in [3.05, 3.63) is 61.9 Å². The largest absolute Gasteiger partial charge is 0.385 e. The van der Waals surface area contributed by atoms with Crippen LogP contribution in [0.5, 0.6) is 0 Å². The number of aryl methyl sites for hydroxylation is 2. The number of amides is 1. The number of carbonyl (C=O) groups is 1. The Morgan fingerprint density at radius 3 is 2.61 bits per heavy atom. The molecule has 2 heterocycles. The van der Waals surface area contributed by atoms with E-state index in [-0.39, 0.29) is 5.69 Å². The Labute approximate surface area is 165 Å². The quantitative estimate of drug-likeness (QED) is 0.636. The third kappa shape index (κ3) is 3.61. The second kappa shape index (κ2) is 8.04. The summed E-state index contributed by atoms with van der Waals surface area (Å²) in [6.45, 7) is 0.893. The highest BCUT2D eigenvalue weighted by atomic mass is 35.5. The zero-order chi connectivity index (χ0) is 20.4. The summed E-state index contributed by atoms with van der Waals surface area (Å²) in [5, 5.41) is 3.59. The molecule has 0 saturated heterocycles. The minimum absolute atomic E-state index is 0.282. The number of ether oxygens (including phenoxy) is 1. The Kier molecular flexibility index (Phi) is 5.71. The number of anilines is 1. The van der Waals surface area contributed by atoms with Crippen molar-refractivity contribution in [2.75, 3.05) is 19.0 Å². The maximum atomic E-state index is 12.9. The van der Waals surface area contributed by atoms with Gasteiger partial charge in [-0.1, -0.05) is 17.7 Å². The lowest BCUT2D eigenvalue weighted by molar-refractivity contribution is 0.101. The average molecular weight is 405 g/mol. The minimum atomic E-state index is -0.453. The van der Waals surface area contributed by atoms with Crippen molar-refractivity contribution in [3.8, 4) is 0 Å². The van der Waals surface area contributed by atoms with Gasteiger partial charge in [-0.3, -0.25) is 18.7 Å². The molecule has 0 fully saturated rings. The molecule has 1 aromatic carbocycles. The third-order valence-electron chi connectivity index (χ3n) is 4.54. The van der Waals surface area contributed by atoms with Crippen LogP contribution in [0, 0.1) is 0 Å². The molecule has 0 aliphatic carbocycles. The first-order valence-electron chi connectivity index (χ1n) is 8.70. The van der Waals surface area contributed by atoms with E-state index in [1.807, 2.05) is 0 Å². The predicted octanol–water partition coefficient (Wildman–Crippen LogP) is 1.98. The van der Waals surface area contributed by atoms with Crippen molar-refractivity contribution in [1.29, 1.82) is 0 Å². The van der Waals surface area contributed by atoms with Crippen LogP contribution in [0.4, 0.5) is 5.69 Å². The zero-order valence-electron chi connectivity index (χ0n) is 15.9. The maximum Gasteiger partial charge on any atom is 0.332 e. The van der Waals surface area contributed by atoms with Gasteiger partial charge in [0.15, 0.2) is 0 Å². The topological polar surface area (TPSA) is 87.3 Å². The molecule has 2 aromatic heterocycles. The Morgan fingerprint density at radius 1 is 1.18 bits per heavy atom. The van der Waals surface area contributed by atoms with E-state index in [2.05, 4.69) is 5.32 Å². The van der Waals surface area contributed by atoms with E-state index in [1.54, 1.807) is 43.0 Å². The molecule has 8 nitrogen and oxygen atoms in total. The van der Waals surface area contributed by atoms with Crippen LogP contribution in [0.1, 0.15) is 16.9 Å². The molecule has 0 saturated carbocycles. The van der Waals surface area contributed by atoms with Gasteiger partial charge in [0.2, 0.25) is 0 Å². The second-order valence-corrected chi connectivity index (χ2v) is 6.87. The van der Waals surface area contributed by atoms with Crippen LogP contribution in [0.2, 0.25) is 5.02 Å². The summed E-state index contributed by atoms with van der Waals surface area (Å²) in [6, 6.07) is 8.30. The lowest BCUT2D eigenvalue weighted by atomic mass is 10.3. The van der Waals surface area contributed by atoms with Crippen LogP contribution in [0.15, 0.2) is 39.9 Å². The third-order valence-corrected chi connectivity index (χ3v) is 4.78. The molecule has 9 heteroatoms. The Bertz CT molecular complexity index is 1160. The number of nitrogens with zero attached hydrogens (tertiary/aromatic N) is 3. The molecule has 0 aliphatic rings. The summed E-state index contributed by atoms with van der Waals surface area (Å²) < 4.78 is 9.18. The molecule has 1 amide bonds. The van der Waals surface area contributed by atoms with Gasteiger partial charge in [-0.05, 0) is 30.7 Å². The molecular weight excluding hydrogens is 384 g/mol. The van der Waals surface area contributed by atoms with Crippen LogP contribution in [0.3, 0.4) is 0 Å². The van der Waals surface area contributed by atoms with E-state index in [9.17, 15) is 14.4 Å². The van der Waals surface area contributed by atoms with Gasteiger partial charge in [0.25, 0.3) is 11.5 Å². The van der Waals surface area contributed by atoms with Crippen LogP contribution in [0.25, 0.3) is 11.0 Å². The van der Waals surface area contributed by atoms with E-state index in [0.717, 1.165) is 4.57 Å². The molecule has 3 aromatic rings. The number of rotatable bonds is 6. The van der Waals surface area contributed by atoms with Gasteiger partial charge in [0.05, 0.1) is 5.39 Å². The first kappa shape index (κ1) is 19.9. The summed E-state index contributed by atoms with van der Waals surface area (Å²) in [7, 11) is 4.58. The van der Waals surface area contributed by atoms with Gasteiger partial charge in [0.1, 0.15) is 11.3 Å². The lowest BCUT2D eigenvalue weighted by Gasteiger charge is -2.13. The number of fused-ring (bicyclic) bond motifs is 1. The van der Waals surface area contributed by atoms with E-state index in [0.29, 0.717) is 41.3 Å². The summed E-state index contributed by atoms with van der Waals surface area (Å²) in [5.41, 5.74) is 0.323. The van der Waals surface area contributed by atoms with E-state index >= 15 is 0 Å². The second-order valence-electron chi connectivity index (χ2n) is 6.44. The highest BCUT2D eigenvalue weighted by Gasteiger charge is 2.21. The van der Waals surface area contributed by atoms with Crippen LogP contribution >= 0.6 is 11.6 Å². The number of nitrogens with one attached hydrogen (secondary N) is 1. The highest BCUT2D eigenvalue weighted by molar-refractivity contribution is 6.31. The zero-order valence-corrected chi connectivity index (χ0v) is 16.6. The van der Waals surface area contributed by atoms with Crippen molar-refractivity contribution in [1.82, 2.24) is 13.7 Å². The normalized spacial score (nSPS) is 11.1. The molecule has 0 atom stereocenters. The molecule has 0 bridgehead atoms. The lowest BCUT2D eigenvalue weighted by Crippen LogP contribution is -2.37. The molecule has 3 rings (SSSR count). The van der Waals surface area contributed by atoms with Crippen LogP contribution in [-0.2, 0) is 25.4 Å². The first-order chi connectivity index (χ1) is 13.3. The van der Waals surface area contributed by atoms with Crippen LogP contribution in [-0.4, -0.2) is 33.3 Å². The van der Waals surface area contributed by atoms with Gasteiger partial charge in [-0.2, -0.15) is 0 Å². The number of hydrogen-bond donors (Lipinski definition) is 1. The fourth-order valence-corrected chi connectivity index (χ4v) is 3.37. The predicted molar refractivity (Wildman–Crippen MR) is 108 cm³/mol. The molecular formula is C19H21ClN4O4. The molecule has 0 aliphatic heterocycles. The summed E-state index contributed by atoms with van der Waals surface area (Å²) in [6.07, 6.45) is 0.612.